The monoisotopic (exact) mass is 313 g/mol. The van der Waals surface area contributed by atoms with Crippen molar-refractivity contribution in [3.8, 4) is 0 Å². The fraction of sp³-hybridized carbons (Fsp3) is 0.294. The third-order valence-corrected chi connectivity index (χ3v) is 4.61. The molecule has 1 saturated heterocycles. The number of aromatic nitrogens is 1. The molecule has 1 fully saturated rings. The van der Waals surface area contributed by atoms with Crippen molar-refractivity contribution in [2.45, 2.75) is 6.92 Å². The Morgan fingerprint density at radius 3 is 2.55 bits per heavy atom. The Bertz CT molecular complexity index is 641. The maximum Gasteiger partial charge on any atom is 0.246 e. The minimum Gasteiger partial charge on any atom is -0.345 e. The Morgan fingerprint density at radius 1 is 1.18 bits per heavy atom. The van der Waals surface area contributed by atoms with Crippen LogP contribution in [0.5, 0.6) is 0 Å². The van der Waals surface area contributed by atoms with Crippen LogP contribution in [0.2, 0.25) is 0 Å². The molecular weight excluding hydrogens is 294 g/mol. The number of piperazine rings is 1. The molecule has 114 valence electrons. The predicted molar refractivity (Wildman–Crippen MR) is 91.1 cm³/mol. The highest BCUT2D eigenvalue weighted by Gasteiger charge is 2.20. The van der Waals surface area contributed by atoms with Crippen LogP contribution in [0, 0.1) is 6.92 Å². The first-order chi connectivity index (χ1) is 10.7. The highest BCUT2D eigenvalue weighted by molar-refractivity contribution is 7.13. The summed E-state index contributed by atoms with van der Waals surface area (Å²) in [5.41, 5.74) is 2.28. The lowest BCUT2D eigenvalue weighted by Gasteiger charge is -2.34. The number of rotatable bonds is 3. The van der Waals surface area contributed by atoms with Gasteiger partial charge in [0.2, 0.25) is 5.91 Å². The first kappa shape index (κ1) is 14.8. The number of carbonyl (C=O) groups excluding carboxylic acids is 1. The van der Waals surface area contributed by atoms with Gasteiger partial charge in [0, 0.05) is 43.8 Å². The minimum absolute atomic E-state index is 0.0827. The molecule has 0 bridgehead atoms. The molecule has 0 aliphatic carbocycles. The van der Waals surface area contributed by atoms with E-state index in [1.54, 1.807) is 17.4 Å². The van der Waals surface area contributed by atoms with E-state index in [0.29, 0.717) is 0 Å². The van der Waals surface area contributed by atoms with E-state index in [4.69, 9.17) is 0 Å². The zero-order valence-electron chi connectivity index (χ0n) is 12.6. The van der Waals surface area contributed by atoms with Crippen molar-refractivity contribution in [2.24, 2.45) is 0 Å². The van der Waals surface area contributed by atoms with Crippen LogP contribution >= 0.6 is 11.3 Å². The summed E-state index contributed by atoms with van der Waals surface area (Å²) in [6.45, 7) is 5.24. The molecule has 4 nitrogen and oxygen atoms in total. The summed E-state index contributed by atoms with van der Waals surface area (Å²) < 4.78 is 0. The first-order valence-electron chi connectivity index (χ1n) is 7.40. The van der Waals surface area contributed by atoms with E-state index in [1.165, 1.54) is 5.56 Å². The Kier molecular flexibility index (Phi) is 4.53. The third kappa shape index (κ3) is 3.54. The summed E-state index contributed by atoms with van der Waals surface area (Å²) >= 11 is 1.65. The predicted octanol–water partition coefficient (Wildman–Crippen LogP) is 2.81. The zero-order valence-corrected chi connectivity index (χ0v) is 13.4. The molecule has 1 aromatic heterocycles. The number of carbonyl (C=O) groups is 1. The Labute approximate surface area is 134 Å². The molecule has 0 N–H and O–H groups in total. The van der Waals surface area contributed by atoms with Gasteiger partial charge >= 0.3 is 0 Å². The number of benzene rings is 1. The highest BCUT2D eigenvalue weighted by atomic mass is 32.1. The second-order valence-electron chi connectivity index (χ2n) is 5.37. The van der Waals surface area contributed by atoms with Gasteiger partial charge in [0.1, 0.15) is 0 Å². The van der Waals surface area contributed by atoms with Crippen LogP contribution in [0.3, 0.4) is 0 Å². The number of aryl methyl sites for hydroxylation is 1. The van der Waals surface area contributed by atoms with Crippen molar-refractivity contribution in [3.63, 3.8) is 0 Å². The number of hydrogen-bond acceptors (Lipinski definition) is 4. The molecule has 5 heteroatoms. The van der Waals surface area contributed by atoms with Gasteiger partial charge in [-0.3, -0.25) is 4.79 Å². The molecule has 0 saturated carbocycles. The van der Waals surface area contributed by atoms with Crippen LogP contribution in [0.4, 0.5) is 5.13 Å². The van der Waals surface area contributed by atoms with E-state index >= 15 is 0 Å². The van der Waals surface area contributed by atoms with Crippen molar-refractivity contribution < 1.29 is 4.79 Å². The van der Waals surface area contributed by atoms with Crippen LogP contribution in [0.25, 0.3) is 6.08 Å². The van der Waals surface area contributed by atoms with Crippen LogP contribution < -0.4 is 4.90 Å². The number of nitrogens with zero attached hydrogens (tertiary/aromatic N) is 3. The minimum atomic E-state index is 0.0827. The smallest absolute Gasteiger partial charge is 0.246 e. The third-order valence-electron chi connectivity index (χ3n) is 3.78. The summed E-state index contributed by atoms with van der Waals surface area (Å²) in [6.07, 6.45) is 5.38. The lowest BCUT2D eigenvalue weighted by atomic mass is 10.1. The van der Waals surface area contributed by atoms with Crippen LogP contribution in [0.1, 0.15) is 11.1 Å². The van der Waals surface area contributed by atoms with Crippen molar-refractivity contribution in [1.29, 1.82) is 0 Å². The molecular formula is C17H19N3OS. The van der Waals surface area contributed by atoms with Gasteiger partial charge in [-0.1, -0.05) is 29.8 Å². The van der Waals surface area contributed by atoms with Crippen LogP contribution in [-0.4, -0.2) is 42.0 Å². The van der Waals surface area contributed by atoms with E-state index in [-0.39, 0.29) is 5.91 Å². The van der Waals surface area contributed by atoms with E-state index in [9.17, 15) is 4.79 Å². The number of anilines is 1. The van der Waals surface area contributed by atoms with Gasteiger partial charge in [0.25, 0.3) is 0 Å². The zero-order chi connectivity index (χ0) is 15.4. The van der Waals surface area contributed by atoms with Gasteiger partial charge in [0.15, 0.2) is 5.13 Å². The summed E-state index contributed by atoms with van der Waals surface area (Å²) in [6, 6.07) is 8.16. The quantitative estimate of drug-likeness (QED) is 0.818. The normalized spacial score (nSPS) is 15.5. The van der Waals surface area contributed by atoms with Gasteiger partial charge in [0.05, 0.1) is 0 Å². The van der Waals surface area contributed by atoms with Crippen LogP contribution in [-0.2, 0) is 4.79 Å². The number of thiazole rings is 1. The van der Waals surface area contributed by atoms with Gasteiger partial charge in [-0.15, -0.1) is 11.3 Å². The number of amides is 1. The largest absolute Gasteiger partial charge is 0.345 e. The lowest BCUT2D eigenvalue weighted by molar-refractivity contribution is -0.126. The topological polar surface area (TPSA) is 36.4 Å². The number of hydrogen-bond donors (Lipinski definition) is 0. The summed E-state index contributed by atoms with van der Waals surface area (Å²) in [5.74, 6) is 0.0827. The lowest BCUT2D eigenvalue weighted by Crippen LogP contribution is -2.48. The molecule has 3 rings (SSSR count). The summed E-state index contributed by atoms with van der Waals surface area (Å²) in [4.78, 5) is 20.7. The second kappa shape index (κ2) is 6.75. The van der Waals surface area contributed by atoms with Crippen molar-refractivity contribution >= 4 is 28.5 Å². The van der Waals surface area contributed by atoms with E-state index in [2.05, 4.69) is 28.9 Å². The molecule has 2 heterocycles. The molecule has 0 radical (unpaired) electrons. The Morgan fingerprint density at radius 2 is 1.91 bits per heavy atom. The molecule has 1 aromatic carbocycles. The fourth-order valence-electron chi connectivity index (χ4n) is 2.44. The SMILES string of the molecule is Cc1ccc(/C=C/C(=O)N2CCN(c3nccs3)CC2)cc1. The average molecular weight is 313 g/mol. The summed E-state index contributed by atoms with van der Waals surface area (Å²) in [7, 11) is 0. The van der Waals surface area contributed by atoms with Crippen molar-refractivity contribution in [1.82, 2.24) is 9.88 Å². The fourth-order valence-corrected chi connectivity index (χ4v) is 3.14. The molecule has 22 heavy (non-hydrogen) atoms. The molecule has 0 spiro atoms. The van der Waals surface area contributed by atoms with Gasteiger partial charge in [-0.25, -0.2) is 4.98 Å². The molecule has 1 amide bonds. The molecule has 0 unspecified atom stereocenters. The average Bonchev–Trinajstić information content (AvgIpc) is 3.09. The van der Waals surface area contributed by atoms with Crippen molar-refractivity contribution in [2.75, 3.05) is 31.1 Å². The maximum absolute atomic E-state index is 12.2. The van der Waals surface area contributed by atoms with Crippen molar-refractivity contribution in [3.05, 3.63) is 53.0 Å². The molecule has 1 aliphatic heterocycles. The summed E-state index contributed by atoms with van der Waals surface area (Å²) in [5, 5.41) is 3.03. The van der Waals surface area contributed by atoms with E-state index in [1.807, 2.05) is 34.7 Å². The van der Waals surface area contributed by atoms with Gasteiger partial charge in [-0.05, 0) is 18.6 Å². The first-order valence-corrected chi connectivity index (χ1v) is 8.28. The Balaban J connectivity index is 1.54. The Hall–Kier alpha value is -2.14. The van der Waals surface area contributed by atoms with Gasteiger partial charge < -0.3 is 9.80 Å². The highest BCUT2D eigenvalue weighted by Crippen LogP contribution is 2.19. The molecule has 0 atom stereocenters. The molecule has 2 aromatic rings. The molecule has 1 aliphatic rings. The van der Waals surface area contributed by atoms with E-state index < -0.39 is 0 Å². The van der Waals surface area contributed by atoms with Crippen LogP contribution in [0.15, 0.2) is 41.9 Å². The van der Waals surface area contributed by atoms with E-state index in [0.717, 1.165) is 36.9 Å². The second-order valence-corrected chi connectivity index (χ2v) is 6.24. The maximum atomic E-state index is 12.2. The van der Waals surface area contributed by atoms with Gasteiger partial charge in [-0.2, -0.15) is 0 Å². The standard InChI is InChI=1S/C17H19N3OS/c1-14-2-4-15(5-3-14)6-7-16(21)19-9-11-20(12-10-19)17-18-8-13-22-17/h2-8,13H,9-12H2,1H3/b7-6+.